The molecule has 0 atom stereocenters. The van der Waals surface area contributed by atoms with Gasteiger partial charge >= 0.3 is 0 Å². The zero-order valence-electron chi connectivity index (χ0n) is 9.78. The van der Waals surface area contributed by atoms with Crippen LogP contribution in [0.1, 0.15) is 27.8 Å². The Bertz CT molecular complexity index is 376. The summed E-state index contributed by atoms with van der Waals surface area (Å²) in [5.74, 6) is 0. The fraction of sp³-hybridized carbons (Fsp3) is 0.385. The lowest BCUT2D eigenvalue weighted by molar-refractivity contribution is 1.20. The maximum Gasteiger partial charge on any atom is 0.0446 e. The molecule has 0 amide bonds. The Morgan fingerprint density at radius 1 is 0.929 bits per heavy atom. The van der Waals surface area contributed by atoms with Crippen molar-refractivity contribution >= 4 is 11.8 Å². The van der Waals surface area contributed by atoms with E-state index in [1.807, 2.05) is 13.1 Å². The average Bonchev–Trinajstić information content (AvgIpc) is 2.20. The van der Waals surface area contributed by atoms with Gasteiger partial charge in [0, 0.05) is 18.3 Å². The maximum atomic E-state index is 3.87. The van der Waals surface area contributed by atoms with E-state index in [9.17, 15) is 0 Å². The highest BCUT2D eigenvalue weighted by Gasteiger charge is 2.11. The van der Waals surface area contributed by atoms with E-state index in [0.717, 1.165) is 0 Å². The van der Waals surface area contributed by atoms with Gasteiger partial charge in [-0.15, -0.1) is 0 Å². The first-order chi connectivity index (χ1) is 6.54. The third-order valence-corrected chi connectivity index (χ3v) is 3.19. The Kier molecular flexibility index (Phi) is 3.00. The molecule has 0 aromatic heterocycles. The van der Waals surface area contributed by atoms with E-state index in [1.54, 1.807) is 0 Å². The van der Waals surface area contributed by atoms with Crippen LogP contribution in [0.5, 0.6) is 0 Å². The summed E-state index contributed by atoms with van der Waals surface area (Å²) in [7, 11) is 1.96. The lowest BCUT2D eigenvalue weighted by atomic mass is 9.92. The Balaban J connectivity index is 3.65. The van der Waals surface area contributed by atoms with Crippen LogP contribution in [-0.2, 0) is 0 Å². The van der Waals surface area contributed by atoms with Gasteiger partial charge in [-0.3, -0.25) is 0 Å². The topological polar surface area (TPSA) is 12.0 Å². The molecule has 1 rings (SSSR count). The molecule has 1 heteroatoms. The van der Waals surface area contributed by atoms with Crippen molar-refractivity contribution in [3.63, 3.8) is 0 Å². The molecular weight excluding hydrogens is 170 g/mol. The van der Waals surface area contributed by atoms with Crippen molar-refractivity contribution in [2.75, 3.05) is 12.4 Å². The lowest BCUT2D eigenvalue weighted by Gasteiger charge is -2.18. The van der Waals surface area contributed by atoms with E-state index >= 15 is 0 Å². The second kappa shape index (κ2) is 3.87. The van der Waals surface area contributed by atoms with Gasteiger partial charge in [-0.05, 0) is 49.9 Å². The first-order valence-corrected chi connectivity index (χ1v) is 4.95. The lowest BCUT2D eigenvalue weighted by Crippen LogP contribution is -2.02. The standard InChI is InChI=1S/C13H19N/c1-7-12-10(4)8(2)9(3)11(5)13(12)14-6/h7,14H,1H2,2-6H3. The molecule has 0 heterocycles. The minimum Gasteiger partial charge on any atom is -0.387 e. The van der Waals surface area contributed by atoms with Gasteiger partial charge in [-0.2, -0.15) is 0 Å². The number of hydrogen-bond acceptors (Lipinski definition) is 1. The minimum absolute atomic E-state index is 1.21. The summed E-state index contributed by atoms with van der Waals surface area (Å²) in [5.41, 5.74) is 7.83. The molecule has 0 bridgehead atoms. The van der Waals surface area contributed by atoms with Gasteiger partial charge in [0.1, 0.15) is 0 Å². The summed E-state index contributed by atoms with van der Waals surface area (Å²) in [4.78, 5) is 0. The van der Waals surface area contributed by atoms with E-state index in [4.69, 9.17) is 0 Å². The predicted octanol–water partition coefficient (Wildman–Crippen LogP) is 3.60. The largest absolute Gasteiger partial charge is 0.387 e. The summed E-state index contributed by atoms with van der Waals surface area (Å²) in [6.07, 6.45) is 1.93. The van der Waals surface area contributed by atoms with Crippen molar-refractivity contribution in [1.82, 2.24) is 0 Å². The monoisotopic (exact) mass is 189 g/mol. The fourth-order valence-electron chi connectivity index (χ4n) is 1.92. The normalized spacial score (nSPS) is 10.1. The van der Waals surface area contributed by atoms with Crippen LogP contribution in [0.15, 0.2) is 6.58 Å². The van der Waals surface area contributed by atoms with E-state index in [0.29, 0.717) is 0 Å². The first-order valence-electron chi connectivity index (χ1n) is 4.95. The van der Waals surface area contributed by atoms with E-state index < -0.39 is 0 Å². The summed E-state index contributed by atoms with van der Waals surface area (Å²) in [6.45, 7) is 12.5. The molecule has 0 saturated carbocycles. The van der Waals surface area contributed by atoms with Crippen molar-refractivity contribution < 1.29 is 0 Å². The van der Waals surface area contributed by atoms with Crippen LogP contribution in [-0.4, -0.2) is 7.05 Å². The quantitative estimate of drug-likeness (QED) is 0.749. The van der Waals surface area contributed by atoms with E-state index in [-0.39, 0.29) is 0 Å². The molecule has 0 spiro atoms. The van der Waals surface area contributed by atoms with E-state index in [2.05, 4.69) is 39.6 Å². The molecule has 1 N–H and O–H groups in total. The number of hydrogen-bond donors (Lipinski definition) is 1. The van der Waals surface area contributed by atoms with Crippen LogP contribution in [0.25, 0.3) is 6.08 Å². The fourth-order valence-corrected chi connectivity index (χ4v) is 1.92. The number of rotatable bonds is 2. The zero-order valence-corrected chi connectivity index (χ0v) is 9.78. The average molecular weight is 189 g/mol. The predicted molar refractivity (Wildman–Crippen MR) is 65.0 cm³/mol. The molecule has 1 nitrogen and oxygen atoms in total. The number of anilines is 1. The Morgan fingerprint density at radius 3 is 1.86 bits per heavy atom. The third-order valence-electron chi connectivity index (χ3n) is 3.19. The van der Waals surface area contributed by atoms with Crippen LogP contribution < -0.4 is 5.32 Å². The molecule has 0 unspecified atom stereocenters. The SMILES string of the molecule is C=Cc1c(C)c(C)c(C)c(C)c1NC. The molecule has 0 fully saturated rings. The second-order valence-electron chi connectivity index (χ2n) is 3.74. The molecule has 1 aromatic rings. The minimum atomic E-state index is 1.21. The zero-order chi connectivity index (χ0) is 10.9. The van der Waals surface area contributed by atoms with Crippen LogP contribution in [0.2, 0.25) is 0 Å². The molecule has 0 saturated heterocycles. The molecule has 1 aromatic carbocycles. The van der Waals surface area contributed by atoms with Gasteiger partial charge < -0.3 is 5.32 Å². The summed E-state index contributed by atoms with van der Waals surface area (Å²) in [6, 6.07) is 0. The molecule has 0 aliphatic rings. The molecule has 76 valence electrons. The molecule has 14 heavy (non-hydrogen) atoms. The highest BCUT2D eigenvalue weighted by molar-refractivity contribution is 5.74. The van der Waals surface area contributed by atoms with Gasteiger partial charge in [0.2, 0.25) is 0 Å². The van der Waals surface area contributed by atoms with Crippen molar-refractivity contribution in [2.24, 2.45) is 0 Å². The second-order valence-corrected chi connectivity index (χ2v) is 3.74. The van der Waals surface area contributed by atoms with Gasteiger partial charge in [-0.1, -0.05) is 12.7 Å². The molecule has 0 aliphatic carbocycles. The van der Waals surface area contributed by atoms with Crippen LogP contribution in [0.3, 0.4) is 0 Å². The smallest absolute Gasteiger partial charge is 0.0446 e. The summed E-state index contributed by atoms with van der Waals surface area (Å²) in [5, 5.41) is 3.25. The Hall–Kier alpha value is -1.24. The van der Waals surface area contributed by atoms with E-state index in [1.165, 1.54) is 33.5 Å². The maximum absolute atomic E-state index is 3.87. The van der Waals surface area contributed by atoms with Gasteiger partial charge in [0.25, 0.3) is 0 Å². The Morgan fingerprint density at radius 2 is 1.43 bits per heavy atom. The van der Waals surface area contributed by atoms with Gasteiger partial charge in [0.15, 0.2) is 0 Å². The van der Waals surface area contributed by atoms with Crippen molar-refractivity contribution in [1.29, 1.82) is 0 Å². The number of benzene rings is 1. The van der Waals surface area contributed by atoms with Gasteiger partial charge in [0.05, 0.1) is 0 Å². The molecule has 0 radical (unpaired) electrons. The van der Waals surface area contributed by atoms with Crippen LogP contribution in [0.4, 0.5) is 5.69 Å². The summed E-state index contributed by atoms with van der Waals surface area (Å²) >= 11 is 0. The molecule has 0 aliphatic heterocycles. The van der Waals surface area contributed by atoms with Crippen molar-refractivity contribution in [3.8, 4) is 0 Å². The Labute approximate surface area is 86.8 Å². The van der Waals surface area contributed by atoms with Crippen LogP contribution in [0, 0.1) is 27.7 Å². The molecular formula is C13H19N. The first kappa shape index (κ1) is 10.8. The van der Waals surface area contributed by atoms with Gasteiger partial charge in [-0.25, -0.2) is 0 Å². The third kappa shape index (κ3) is 1.43. The summed E-state index contributed by atoms with van der Waals surface area (Å²) < 4.78 is 0. The highest BCUT2D eigenvalue weighted by Crippen LogP contribution is 2.31. The van der Waals surface area contributed by atoms with Crippen molar-refractivity contribution in [3.05, 3.63) is 34.4 Å². The number of nitrogens with one attached hydrogen (secondary N) is 1. The van der Waals surface area contributed by atoms with Crippen molar-refractivity contribution in [2.45, 2.75) is 27.7 Å². The highest BCUT2D eigenvalue weighted by atomic mass is 14.8. The van der Waals surface area contributed by atoms with Crippen LogP contribution >= 0.6 is 0 Å².